The summed E-state index contributed by atoms with van der Waals surface area (Å²) in [6.07, 6.45) is 4.09. The van der Waals surface area contributed by atoms with Gasteiger partial charge in [0.2, 0.25) is 10.0 Å². The van der Waals surface area contributed by atoms with Gasteiger partial charge in [-0.25, -0.2) is 12.7 Å². The summed E-state index contributed by atoms with van der Waals surface area (Å²) in [5.41, 5.74) is 1.05. The highest BCUT2D eigenvalue weighted by molar-refractivity contribution is 7.89. The fraction of sp³-hybridized carbons (Fsp3) is 0.714. The standard InChI is InChI=1S/C14H25N3O2S/c1-11(2)9-16(4)20(18,19)14-7-13(8-15-3)17(10-14)12-5-6-12/h7,10-12,15H,5-6,8-9H2,1-4H3. The average Bonchev–Trinajstić information content (AvgIpc) is 3.10. The van der Waals surface area contributed by atoms with Crippen LogP contribution in [0.3, 0.4) is 0 Å². The van der Waals surface area contributed by atoms with Crippen molar-refractivity contribution < 1.29 is 8.42 Å². The SMILES string of the molecule is CNCc1cc(S(=O)(=O)N(C)CC(C)C)cn1C1CC1. The molecule has 0 aliphatic heterocycles. The number of nitrogens with zero attached hydrogens (tertiary/aromatic N) is 2. The Balaban J connectivity index is 2.29. The number of hydrogen-bond acceptors (Lipinski definition) is 3. The molecule has 0 amide bonds. The minimum absolute atomic E-state index is 0.317. The molecule has 0 atom stereocenters. The highest BCUT2D eigenvalue weighted by Gasteiger charge is 2.29. The summed E-state index contributed by atoms with van der Waals surface area (Å²) in [6.45, 7) is 5.28. The summed E-state index contributed by atoms with van der Waals surface area (Å²) in [4.78, 5) is 0.415. The van der Waals surface area contributed by atoms with E-state index in [9.17, 15) is 8.42 Å². The summed E-state index contributed by atoms with van der Waals surface area (Å²) in [5, 5.41) is 3.10. The first-order chi connectivity index (χ1) is 9.36. The number of hydrogen-bond donors (Lipinski definition) is 1. The number of sulfonamides is 1. The molecule has 0 aromatic carbocycles. The van der Waals surface area contributed by atoms with Crippen LogP contribution in [0.5, 0.6) is 0 Å². The van der Waals surface area contributed by atoms with Crippen LogP contribution in [-0.4, -0.2) is 37.9 Å². The quantitative estimate of drug-likeness (QED) is 0.835. The Morgan fingerprint density at radius 2 is 2.10 bits per heavy atom. The highest BCUT2D eigenvalue weighted by atomic mass is 32.2. The van der Waals surface area contributed by atoms with Gasteiger partial charge in [0, 0.05) is 38.1 Å². The normalized spacial score (nSPS) is 16.3. The second-order valence-corrected chi connectivity index (χ2v) is 8.06. The van der Waals surface area contributed by atoms with Gasteiger partial charge in [-0.3, -0.25) is 0 Å². The molecule has 114 valence electrons. The first-order valence-electron chi connectivity index (χ1n) is 7.18. The van der Waals surface area contributed by atoms with Crippen LogP contribution in [0.4, 0.5) is 0 Å². The van der Waals surface area contributed by atoms with E-state index in [4.69, 9.17) is 0 Å². The lowest BCUT2D eigenvalue weighted by atomic mass is 10.2. The zero-order valence-electron chi connectivity index (χ0n) is 12.8. The van der Waals surface area contributed by atoms with Gasteiger partial charge in [-0.1, -0.05) is 13.8 Å². The Labute approximate surface area is 122 Å². The largest absolute Gasteiger partial charge is 0.346 e. The third kappa shape index (κ3) is 3.24. The van der Waals surface area contributed by atoms with Crippen LogP contribution in [0.1, 0.15) is 38.4 Å². The van der Waals surface area contributed by atoms with Crippen molar-refractivity contribution in [1.82, 2.24) is 14.2 Å². The van der Waals surface area contributed by atoms with Crippen molar-refractivity contribution in [1.29, 1.82) is 0 Å². The topological polar surface area (TPSA) is 54.3 Å². The Morgan fingerprint density at radius 1 is 1.45 bits per heavy atom. The Kier molecular flexibility index (Phi) is 4.56. The van der Waals surface area contributed by atoms with Crippen molar-refractivity contribution in [2.45, 2.75) is 44.2 Å². The minimum Gasteiger partial charge on any atom is -0.346 e. The molecule has 0 spiro atoms. The fourth-order valence-electron chi connectivity index (χ4n) is 2.45. The predicted octanol–water partition coefficient (Wildman–Crippen LogP) is 1.82. The van der Waals surface area contributed by atoms with E-state index in [0.29, 0.717) is 29.9 Å². The molecule has 2 rings (SSSR count). The monoisotopic (exact) mass is 299 g/mol. The van der Waals surface area contributed by atoms with Gasteiger partial charge in [0.1, 0.15) is 4.90 Å². The zero-order valence-corrected chi connectivity index (χ0v) is 13.6. The van der Waals surface area contributed by atoms with Gasteiger partial charge in [0.05, 0.1) is 0 Å². The summed E-state index contributed by atoms with van der Waals surface area (Å²) in [6, 6.07) is 2.29. The molecule has 1 aromatic rings. The van der Waals surface area contributed by atoms with Crippen molar-refractivity contribution >= 4 is 10.0 Å². The summed E-state index contributed by atoms with van der Waals surface area (Å²) < 4.78 is 28.7. The third-order valence-corrected chi connectivity index (χ3v) is 5.32. The molecule has 1 saturated carbocycles. The lowest BCUT2D eigenvalue weighted by Gasteiger charge is -2.18. The molecule has 6 heteroatoms. The van der Waals surface area contributed by atoms with Crippen LogP contribution < -0.4 is 5.32 Å². The molecule has 1 aromatic heterocycles. The van der Waals surface area contributed by atoms with Crippen LogP contribution in [0, 0.1) is 5.92 Å². The molecule has 1 heterocycles. The van der Waals surface area contributed by atoms with Gasteiger partial charge < -0.3 is 9.88 Å². The summed E-state index contributed by atoms with van der Waals surface area (Å²) in [5.74, 6) is 0.317. The Hall–Kier alpha value is -0.850. The molecule has 0 unspecified atom stereocenters. The lowest BCUT2D eigenvalue weighted by molar-refractivity contribution is 0.417. The summed E-state index contributed by atoms with van der Waals surface area (Å²) in [7, 11) is 0.158. The third-order valence-electron chi connectivity index (χ3n) is 3.54. The van der Waals surface area contributed by atoms with Gasteiger partial charge in [0.15, 0.2) is 0 Å². The molecule has 5 nitrogen and oxygen atoms in total. The van der Waals surface area contributed by atoms with E-state index in [1.807, 2.05) is 20.9 Å². The zero-order chi connectivity index (χ0) is 14.9. The van der Waals surface area contributed by atoms with Gasteiger partial charge in [0.25, 0.3) is 0 Å². The molecule has 1 aliphatic carbocycles. The maximum Gasteiger partial charge on any atom is 0.244 e. The maximum absolute atomic E-state index is 12.6. The molecular formula is C14H25N3O2S. The highest BCUT2D eigenvalue weighted by Crippen LogP contribution is 2.37. The maximum atomic E-state index is 12.6. The van der Waals surface area contributed by atoms with E-state index in [1.54, 1.807) is 19.3 Å². The molecule has 20 heavy (non-hydrogen) atoms. The van der Waals surface area contributed by atoms with Crippen molar-refractivity contribution in [2.24, 2.45) is 5.92 Å². The van der Waals surface area contributed by atoms with E-state index >= 15 is 0 Å². The minimum atomic E-state index is -3.38. The van der Waals surface area contributed by atoms with E-state index in [2.05, 4.69) is 9.88 Å². The van der Waals surface area contributed by atoms with Crippen molar-refractivity contribution in [2.75, 3.05) is 20.6 Å². The van der Waals surface area contributed by atoms with E-state index in [-0.39, 0.29) is 0 Å². The van der Waals surface area contributed by atoms with E-state index in [0.717, 1.165) is 18.5 Å². The van der Waals surface area contributed by atoms with Gasteiger partial charge in [-0.05, 0) is 31.9 Å². The van der Waals surface area contributed by atoms with E-state index < -0.39 is 10.0 Å². The lowest BCUT2D eigenvalue weighted by Crippen LogP contribution is -2.30. The predicted molar refractivity (Wildman–Crippen MR) is 80.1 cm³/mol. The van der Waals surface area contributed by atoms with Crippen molar-refractivity contribution in [3.8, 4) is 0 Å². The number of rotatable bonds is 7. The molecule has 0 bridgehead atoms. The van der Waals surface area contributed by atoms with Crippen LogP contribution in [0.25, 0.3) is 0 Å². The molecular weight excluding hydrogens is 274 g/mol. The molecule has 1 aliphatic rings. The second kappa shape index (κ2) is 5.87. The fourth-order valence-corrected chi connectivity index (χ4v) is 3.83. The van der Waals surface area contributed by atoms with Crippen molar-refractivity contribution in [3.05, 3.63) is 18.0 Å². The summed E-state index contributed by atoms with van der Waals surface area (Å²) >= 11 is 0. The molecule has 0 radical (unpaired) electrons. The molecule has 1 fully saturated rings. The van der Waals surface area contributed by atoms with E-state index in [1.165, 1.54) is 4.31 Å². The van der Waals surface area contributed by atoms with Gasteiger partial charge >= 0.3 is 0 Å². The number of aromatic nitrogens is 1. The average molecular weight is 299 g/mol. The van der Waals surface area contributed by atoms with Gasteiger partial charge in [-0.2, -0.15) is 0 Å². The van der Waals surface area contributed by atoms with Crippen molar-refractivity contribution in [3.63, 3.8) is 0 Å². The smallest absolute Gasteiger partial charge is 0.244 e. The Bertz CT molecular complexity index is 559. The number of nitrogens with one attached hydrogen (secondary N) is 1. The Morgan fingerprint density at radius 3 is 2.60 bits per heavy atom. The van der Waals surface area contributed by atoms with Crippen LogP contribution in [0.2, 0.25) is 0 Å². The first-order valence-corrected chi connectivity index (χ1v) is 8.62. The van der Waals surface area contributed by atoms with Crippen LogP contribution in [-0.2, 0) is 16.6 Å². The van der Waals surface area contributed by atoms with Gasteiger partial charge in [-0.15, -0.1) is 0 Å². The molecule has 0 saturated heterocycles. The first kappa shape index (κ1) is 15.5. The molecule has 1 N–H and O–H groups in total. The van der Waals surface area contributed by atoms with Crippen LogP contribution >= 0.6 is 0 Å². The van der Waals surface area contributed by atoms with Crippen LogP contribution in [0.15, 0.2) is 17.2 Å². The second-order valence-electron chi connectivity index (χ2n) is 6.02.